The van der Waals surface area contributed by atoms with Crippen molar-refractivity contribution in [3.8, 4) is 0 Å². The van der Waals surface area contributed by atoms with Crippen LogP contribution in [0, 0.1) is 0 Å². The Morgan fingerprint density at radius 1 is 1.11 bits per heavy atom. The highest BCUT2D eigenvalue weighted by atomic mass is 16.1. The van der Waals surface area contributed by atoms with Crippen LogP contribution in [0.15, 0.2) is 42.5 Å². The first-order chi connectivity index (χ1) is 8.91. The third kappa shape index (κ3) is 11.3. The first-order valence-corrected chi connectivity index (χ1v) is 6.81. The fourth-order valence-electron chi connectivity index (χ4n) is 1.17. The molecule has 1 amide bonds. The number of rotatable bonds is 1. The summed E-state index contributed by atoms with van der Waals surface area (Å²) in [4.78, 5) is 10.2. The lowest BCUT2D eigenvalue weighted by molar-refractivity contribution is -0.116. The molecule has 2 nitrogen and oxygen atoms in total. The molecular weight excluding hydrogens is 234 g/mol. The Morgan fingerprint density at radius 2 is 1.58 bits per heavy atom. The Morgan fingerprint density at radius 3 is 1.79 bits per heavy atom. The summed E-state index contributed by atoms with van der Waals surface area (Å²) in [5.74, 6) is -0.0532. The van der Waals surface area contributed by atoms with Gasteiger partial charge in [-0.1, -0.05) is 71.0 Å². The summed E-state index contributed by atoms with van der Waals surface area (Å²) in [5, 5.41) is 2.44. The molecule has 0 aliphatic heterocycles. The van der Waals surface area contributed by atoms with Crippen LogP contribution in [-0.4, -0.2) is 13.0 Å². The molecule has 0 aliphatic rings. The van der Waals surface area contributed by atoms with E-state index >= 15 is 0 Å². The SMILES string of the molecule is C/C=C/C(=O)NC.CC.CC(C)(C)c1ccccc1. The summed E-state index contributed by atoms with van der Waals surface area (Å²) in [6, 6.07) is 10.6. The second-order valence-electron chi connectivity index (χ2n) is 4.73. The van der Waals surface area contributed by atoms with E-state index in [1.54, 1.807) is 20.0 Å². The summed E-state index contributed by atoms with van der Waals surface area (Å²) < 4.78 is 0. The van der Waals surface area contributed by atoms with E-state index in [2.05, 4.69) is 56.4 Å². The van der Waals surface area contributed by atoms with Gasteiger partial charge in [0.1, 0.15) is 0 Å². The summed E-state index contributed by atoms with van der Waals surface area (Å²) >= 11 is 0. The van der Waals surface area contributed by atoms with Crippen molar-refractivity contribution >= 4 is 5.91 Å². The minimum absolute atomic E-state index is 0.0532. The fourth-order valence-corrected chi connectivity index (χ4v) is 1.17. The number of likely N-dealkylation sites (N-methyl/N-ethyl adjacent to an activating group) is 1. The number of allylic oxidation sites excluding steroid dienone is 1. The first-order valence-electron chi connectivity index (χ1n) is 6.81. The van der Waals surface area contributed by atoms with Crippen LogP contribution in [0.4, 0.5) is 0 Å². The lowest BCUT2D eigenvalue weighted by Gasteiger charge is -2.18. The van der Waals surface area contributed by atoms with Crippen molar-refractivity contribution in [2.45, 2.75) is 47.0 Å². The Kier molecular flexibility index (Phi) is 12.0. The number of amides is 1. The van der Waals surface area contributed by atoms with Gasteiger partial charge in [0.2, 0.25) is 5.91 Å². The predicted molar refractivity (Wildman–Crippen MR) is 85.4 cm³/mol. The van der Waals surface area contributed by atoms with Crippen molar-refractivity contribution in [3.05, 3.63) is 48.0 Å². The van der Waals surface area contributed by atoms with E-state index in [9.17, 15) is 4.79 Å². The maximum atomic E-state index is 10.2. The Labute approximate surface area is 118 Å². The molecule has 108 valence electrons. The van der Waals surface area contributed by atoms with E-state index in [4.69, 9.17) is 0 Å². The molecule has 0 fully saturated rings. The first kappa shape index (κ1) is 19.8. The van der Waals surface area contributed by atoms with E-state index in [0.717, 1.165) is 0 Å². The third-order valence-corrected chi connectivity index (χ3v) is 2.20. The molecular formula is C17H29NO. The van der Waals surface area contributed by atoms with Gasteiger partial charge in [0.15, 0.2) is 0 Å². The van der Waals surface area contributed by atoms with E-state index in [1.165, 1.54) is 11.6 Å². The number of carbonyl (C=O) groups is 1. The molecule has 1 aromatic rings. The van der Waals surface area contributed by atoms with Crippen molar-refractivity contribution < 1.29 is 4.79 Å². The van der Waals surface area contributed by atoms with Gasteiger partial charge in [0.25, 0.3) is 0 Å². The van der Waals surface area contributed by atoms with E-state index < -0.39 is 0 Å². The zero-order valence-corrected chi connectivity index (χ0v) is 13.4. The van der Waals surface area contributed by atoms with Gasteiger partial charge in [-0.05, 0) is 24.0 Å². The van der Waals surface area contributed by atoms with Crippen LogP contribution in [0.2, 0.25) is 0 Å². The molecule has 1 rings (SSSR count). The lowest BCUT2D eigenvalue weighted by Crippen LogP contribution is -2.13. The minimum atomic E-state index is -0.0532. The van der Waals surface area contributed by atoms with Crippen molar-refractivity contribution in [2.24, 2.45) is 0 Å². The van der Waals surface area contributed by atoms with Gasteiger partial charge in [-0.25, -0.2) is 0 Å². The molecule has 19 heavy (non-hydrogen) atoms. The van der Waals surface area contributed by atoms with Gasteiger partial charge >= 0.3 is 0 Å². The van der Waals surface area contributed by atoms with E-state index in [0.29, 0.717) is 5.41 Å². The molecule has 1 N–H and O–H groups in total. The van der Waals surface area contributed by atoms with Crippen LogP contribution < -0.4 is 5.32 Å². The van der Waals surface area contributed by atoms with E-state index in [-0.39, 0.29) is 5.91 Å². The van der Waals surface area contributed by atoms with Crippen molar-refractivity contribution in [1.82, 2.24) is 5.32 Å². The highest BCUT2D eigenvalue weighted by Gasteiger charge is 2.11. The van der Waals surface area contributed by atoms with Gasteiger partial charge in [-0.3, -0.25) is 4.79 Å². The van der Waals surface area contributed by atoms with Crippen LogP contribution in [0.3, 0.4) is 0 Å². The zero-order valence-electron chi connectivity index (χ0n) is 13.4. The second-order valence-corrected chi connectivity index (χ2v) is 4.73. The van der Waals surface area contributed by atoms with Crippen LogP contribution in [-0.2, 0) is 10.2 Å². The number of hydrogen-bond donors (Lipinski definition) is 1. The molecule has 0 aromatic heterocycles. The molecule has 0 aliphatic carbocycles. The van der Waals surface area contributed by atoms with Crippen LogP contribution in [0.25, 0.3) is 0 Å². The third-order valence-electron chi connectivity index (χ3n) is 2.20. The van der Waals surface area contributed by atoms with Gasteiger partial charge in [0.05, 0.1) is 0 Å². The number of carbonyl (C=O) groups excluding carboxylic acids is 1. The van der Waals surface area contributed by atoms with Crippen molar-refractivity contribution in [2.75, 3.05) is 7.05 Å². The number of benzene rings is 1. The zero-order chi connectivity index (χ0) is 15.3. The molecule has 0 saturated heterocycles. The summed E-state index contributed by atoms with van der Waals surface area (Å²) in [6.07, 6.45) is 3.17. The average molecular weight is 263 g/mol. The fraction of sp³-hybridized carbons (Fsp3) is 0.471. The largest absolute Gasteiger partial charge is 0.356 e. The van der Waals surface area contributed by atoms with Crippen LogP contribution in [0.1, 0.15) is 47.1 Å². The highest BCUT2D eigenvalue weighted by molar-refractivity contribution is 5.86. The normalized spacial score (nSPS) is 9.84. The Bertz CT molecular complexity index is 347. The standard InChI is InChI=1S/C10H14.C5H9NO.C2H6/c1-10(2,3)9-7-5-4-6-8-9;1-3-4-5(7)6-2;1-2/h4-8H,1-3H3;3-4H,1-2H3,(H,6,7);1-2H3/b;4-3+;. The molecule has 0 bridgehead atoms. The highest BCUT2D eigenvalue weighted by Crippen LogP contribution is 2.20. The molecule has 1 aromatic carbocycles. The molecule has 2 heteroatoms. The molecule has 0 heterocycles. The number of nitrogens with one attached hydrogen (secondary N) is 1. The Balaban J connectivity index is 0. The average Bonchev–Trinajstić information content (AvgIpc) is 2.42. The van der Waals surface area contributed by atoms with Crippen molar-refractivity contribution in [1.29, 1.82) is 0 Å². The maximum absolute atomic E-state index is 10.2. The maximum Gasteiger partial charge on any atom is 0.243 e. The predicted octanol–water partition coefficient (Wildman–Crippen LogP) is 4.32. The topological polar surface area (TPSA) is 29.1 Å². The summed E-state index contributed by atoms with van der Waals surface area (Å²) in [6.45, 7) is 12.5. The smallest absolute Gasteiger partial charge is 0.243 e. The van der Waals surface area contributed by atoms with Gasteiger partial charge < -0.3 is 5.32 Å². The number of hydrogen-bond acceptors (Lipinski definition) is 1. The van der Waals surface area contributed by atoms with Gasteiger partial charge in [-0.2, -0.15) is 0 Å². The van der Waals surface area contributed by atoms with Gasteiger partial charge in [-0.15, -0.1) is 0 Å². The summed E-state index contributed by atoms with van der Waals surface area (Å²) in [7, 11) is 1.60. The minimum Gasteiger partial charge on any atom is -0.356 e. The molecule has 0 unspecified atom stereocenters. The molecule has 0 radical (unpaired) electrons. The van der Waals surface area contributed by atoms with E-state index in [1.807, 2.05) is 13.8 Å². The lowest BCUT2D eigenvalue weighted by atomic mass is 9.87. The van der Waals surface area contributed by atoms with Crippen LogP contribution >= 0.6 is 0 Å². The molecule has 0 spiro atoms. The Hall–Kier alpha value is -1.57. The quantitative estimate of drug-likeness (QED) is 0.751. The molecule has 0 saturated carbocycles. The van der Waals surface area contributed by atoms with Crippen molar-refractivity contribution in [3.63, 3.8) is 0 Å². The summed E-state index contributed by atoms with van der Waals surface area (Å²) in [5.41, 5.74) is 1.69. The second kappa shape index (κ2) is 11.5. The monoisotopic (exact) mass is 263 g/mol. The molecule has 0 atom stereocenters. The van der Waals surface area contributed by atoms with Gasteiger partial charge in [0, 0.05) is 7.05 Å². The van der Waals surface area contributed by atoms with Crippen LogP contribution in [0.5, 0.6) is 0 Å².